The maximum atomic E-state index is 10.8. The molecule has 1 fully saturated rings. The molecule has 0 amide bonds. The highest BCUT2D eigenvalue weighted by molar-refractivity contribution is 7.11. The molecule has 0 saturated carbocycles. The second-order valence-corrected chi connectivity index (χ2v) is 7.15. The normalized spacial score (nSPS) is 21.9. The second-order valence-electron chi connectivity index (χ2n) is 6.04. The second kappa shape index (κ2) is 6.68. The maximum absolute atomic E-state index is 10.8. The van der Waals surface area contributed by atoms with E-state index in [2.05, 4.69) is 23.7 Å². The Hall–Kier alpha value is -0.940. The van der Waals surface area contributed by atoms with Crippen LogP contribution >= 0.6 is 11.3 Å². The van der Waals surface area contributed by atoms with Crippen molar-refractivity contribution in [2.45, 2.75) is 46.0 Å². The molecule has 0 bridgehead atoms. The molecule has 2 unspecified atom stereocenters. The molecule has 1 saturated heterocycles. The van der Waals surface area contributed by atoms with Crippen LogP contribution in [0.4, 0.5) is 0 Å². The molecule has 0 aromatic carbocycles. The number of rotatable bonds is 5. The number of nitrogens with zero attached hydrogens (tertiary/aromatic N) is 2. The van der Waals surface area contributed by atoms with Crippen LogP contribution in [0.2, 0.25) is 0 Å². The predicted octanol–water partition coefficient (Wildman–Crippen LogP) is 2.91. The summed E-state index contributed by atoms with van der Waals surface area (Å²) in [5.41, 5.74) is 0.881. The van der Waals surface area contributed by atoms with E-state index < -0.39 is 5.97 Å². The molecule has 2 rings (SSSR count). The summed E-state index contributed by atoms with van der Waals surface area (Å²) < 4.78 is 0. The van der Waals surface area contributed by atoms with Gasteiger partial charge in [-0.25, -0.2) is 4.98 Å². The van der Waals surface area contributed by atoms with Crippen molar-refractivity contribution < 1.29 is 9.90 Å². The van der Waals surface area contributed by atoms with E-state index in [0.717, 1.165) is 28.0 Å². The van der Waals surface area contributed by atoms with Gasteiger partial charge in [0.05, 0.1) is 17.1 Å². The SMILES string of the molecule is Cc1nc(C(C)CN2CCCC(C)C2)sc1CC(=O)O. The van der Waals surface area contributed by atoms with Crippen LogP contribution in [0.5, 0.6) is 0 Å². The molecule has 0 radical (unpaired) electrons. The number of aryl methyl sites for hydroxylation is 1. The minimum Gasteiger partial charge on any atom is -0.481 e. The summed E-state index contributed by atoms with van der Waals surface area (Å²) in [4.78, 5) is 18.8. The Balaban J connectivity index is 1.98. The molecule has 0 aliphatic carbocycles. The van der Waals surface area contributed by atoms with Gasteiger partial charge in [-0.3, -0.25) is 4.79 Å². The zero-order valence-electron chi connectivity index (χ0n) is 12.6. The molecule has 0 spiro atoms. The summed E-state index contributed by atoms with van der Waals surface area (Å²) in [5, 5.41) is 9.98. The third-order valence-electron chi connectivity index (χ3n) is 3.92. The monoisotopic (exact) mass is 296 g/mol. The topological polar surface area (TPSA) is 53.4 Å². The Labute approximate surface area is 124 Å². The third kappa shape index (κ3) is 4.03. The molecule has 1 N–H and O–H groups in total. The molecule has 5 heteroatoms. The number of aliphatic carboxylic acids is 1. The molecule has 4 nitrogen and oxygen atoms in total. The number of thiazole rings is 1. The molecule has 1 aliphatic rings. The minimum atomic E-state index is -0.777. The molecule has 2 heterocycles. The van der Waals surface area contributed by atoms with E-state index in [0.29, 0.717) is 5.92 Å². The molecule has 1 aliphatic heterocycles. The zero-order chi connectivity index (χ0) is 14.7. The Morgan fingerprint density at radius 1 is 1.60 bits per heavy atom. The quantitative estimate of drug-likeness (QED) is 0.907. The average molecular weight is 296 g/mol. The number of hydrogen-bond donors (Lipinski definition) is 1. The summed E-state index contributed by atoms with van der Waals surface area (Å²) in [7, 11) is 0. The first kappa shape index (κ1) is 15.4. The van der Waals surface area contributed by atoms with E-state index in [1.165, 1.54) is 25.9 Å². The zero-order valence-corrected chi connectivity index (χ0v) is 13.4. The number of aromatic nitrogens is 1. The number of hydrogen-bond acceptors (Lipinski definition) is 4. The Bertz CT molecular complexity index is 472. The first-order chi connectivity index (χ1) is 9.45. The third-order valence-corrected chi connectivity index (χ3v) is 5.30. The number of carbonyl (C=O) groups is 1. The first-order valence-electron chi connectivity index (χ1n) is 7.36. The van der Waals surface area contributed by atoms with Crippen LogP contribution in [0.15, 0.2) is 0 Å². The lowest BCUT2D eigenvalue weighted by Crippen LogP contribution is -2.36. The van der Waals surface area contributed by atoms with E-state index in [4.69, 9.17) is 5.11 Å². The average Bonchev–Trinajstić information content (AvgIpc) is 2.70. The van der Waals surface area contributed by atoms with Crippen molar-refractivity contribution in [1.82, 2.24) is 9.88 Å². The molecule has 2 atom stereocenters. The van der Waals surface area contributed by atoms with Gasteiger partial charge in [-0.15, -0.1) is 11.3 Å². The van der Waals surface area contributed by atoms with Crippen LogP contribution in [0.25, 0.3) is 0 Å². The number of likely N-dealkylation sites (tertiary alicyclic amines) is 1. The van der Waals surface area contributed by atoms with E-state index in [1.54, 1.807) is 11.3 Å². The Kier molecular flexibility index (Phi) is 5.16. The summed E-state index contributed by atoms with van der Waals surface area (Å²) in [5.74, 6) is 0.393. The molecule has 1 aromatic heterocycles. The maximum Gasteiger partial charge on any atom is 0.308 e. The standard InChI is InChI=1S/C15H24N2O2S/c1-10-5-4-6-17(8-10)9-11(2)15-16-12(3)13(20-15)7-14(18)19/h10-11H,4-9H2,1-3H3,(H,18,19). The van der Waals surface area contributed by atoms with Gasteiger partial charge in [0.2, 0.25) is 0 Å². The van der Waals surface area contributed by atoms with Crippen LogP contribution in [0, 0.1) is 12.8 Å². The molecular weight excluding hydrogens is 272 g/mol. The summed E-state index contributed by atoms with van der Waals surface area (Å²) in [6.45, 7) is 9.81. The fourth-order valence-corrected chi connectivity index (χ4v) is 3.98. The van der Waals surface area contributed by atoms with Gasteiger partial charge in [0.15, 0.2) is 0 Å². The minimum absolute atomic E-state index is 0.0942. The van der Waals surface area contributed by atoms with Gasteiger partial charge in [-0.2, -0.15) is 0 Å². The number of carboxylic acid groups (broad SMARTS) is 1. The van der Waals surface area contributed by atoms with Crippen molar-refractivity contribution in [2.24, 2.45) is 5.92 Å². The van der Waals surface area contributed by atoms with Gasteiger partial charge in [-0.1, -0.05) is 13.8 Å². The fourth-order valence-electron chi connectivity index (χ4n) is 2.88. The van der Waals surface area contributed by atoms with Crippen LogP contribution in [-0.4, -0.2) is 40.6 Å². The highest BCUT2D eigenvalue weighted by atomic mass is 32.1. The van der Waals surface area contributed by atoms with Crippen molar-refractivity contribution in [1.29, 1.82) is 0 Å². The van der Waals surface area contributed by atoms with Gasteiger partial charge in [0, 0.05) is 23.9 Å². The lowest BCUT2D eigenvalue weighted by molar-refractivity contribution is -0.136. The van der Waals surface area contributed by atoms with E-state index >= 15 is 0 Å². The van der Waals surface area contributed by atoms with Crippen LogP contribution in [0.3, 0.4) is 0 Å². The van der Waals surface area contributed by atoms with Gasteiger partial charge in [-0.05, 0) is 32.2 Å². The van der Waals surface area contributed by atoms with E-state index in [1.807, 2.05) is 6.92 Å². The van der Waals surface area contributed by atoms with Crippen molar-refractivity contribution >= 4 is 17.3 Å². The summed E-state index contributed by atoms with van der Waals surface area (Å²) in [6, 6.07) is 0. The largest absolute Gasteiger partial charge is 0.481 e. The number of piperidine rings is 1. The van der Waals surface area contributed by atoms with Gasteiger partial charge in [0.25, 0.3) is 0 Å². The molecular formula is C15H24N2O2S. The van der Waals surface area contributed by atoms with Crippen molar-refractivity contribution in [3.8, 4) is 0 Å². The molecule has 1 aromatic rings. The Morgan fingerprint density at radius 3 is 3.00 bits per heavy atom. The van der Waals surface area contributed by atoms with Crippen molar-refractivity contribution in [3.63, 3.8) is 0 Å². The molecule has 20 heavy (non-hydrogen) atoms. The van der Waals surface area contributed by atoms with Crippen LogP contribution in [-0.2, 0) is 11.2 Å². The molecule has 112 valence electrons. The Morgan fingerprint density at radius 2 is 2.35 bits per heavy atom. The summed E-state index contributed by atoms with van der Waals surface area (Å²) >= 11 is 1.57. The van der Waals surface area contributed by atoms with Crippen molar-refractivity contribution in [3.05, 3.63) is 15.6 Å². The predicted molar refractivity (Wildman–Crippen MR) is 81.4 cm³/mol. The van der Waals surface area contributed by atoms with Crippen LogP contribution in [0.1, 0.15) is 48.2 Å². The first-order valence-corrected chi connectivity index (χ1v) is 8.17. The highest BCUT2D eigenvalue weighted by Gasteiger charge is 2.21. The van der Waals surface area contributed by atoms with E-state index in [-0.39, 0.29) is 6.42 Å². The highest BCUT2D eigenvalue weighted by Crippen LogP contribution is 2.27. The summed E-state index contributed by atoms with van der Waals surface area (Å²) in [6.07, 6.45) is 2.72. The van der Waals surface area contributed by atoms with E-state index in [9.17, 15) is 4.79 Å². The number of carboxylic acids is 1. The van der Waals surface area contributed by atoms with Gasteiger partial charge < -0.3 is 10.0 Å². The lowest BCUT2D eigenvalue weighted by Gasteiger charge is -2.32. The van der Waals surface area contributed by atoms with Gasteiger partial charge in [0.1, 0.15) is 0 Å². The fraction of sp³-hybridized carbons (Fsp3) is 0.733. The van der Waals surface area contributed by atoms with Crippen molar-refractivity contribution in [2.75, 3.05) is 19.6 Å². The smallest absolute Gasteiger partial charge is 0.308 e. The lowest BCUT2D eigenvalue weighted by atomic mass is 9.99. The van der Waals surface area contributed by atoms with Gasteiger partial charge >= 0.3 is 5.97 Å². The van der Waals surface area contributed by atoms with Crippen LogP contribution < -0.4 is 0 Å².